The summed E-state index contributed by atoms with van der Waals surface area (Å²) in [6.45, 7) is -0.120. The molecule has 1 amide bonds. The van der Waals surface area contributed by atoms with Gasteiger partial charge in [-0.3, -0.25) is 9.59 Å². The van der Waals surface area contributed by atoms with Crippen molar-refractivity contribution >= 4 is 46.5 Å². The monoisotopic (exact) mass is 341 g/mol. The number of ketones is 1. The Morgan fingerprint density at radius 2 is 1.38 bits per heavy atom. The predicted molar refractivity (Wildman–Crippen MR) is 84.6 cm³/mol. The maximum Gasteiger partial charge on any atom is 0.251 e. The van der Waals surface area contributed by atoms with Gasteiger partial charge in [0, 0.05) is 26.2 Å². The smallest absolute Gasteiger partial charge is 0.251 e. The molecule has 0 aliphatic carbocycles. The number of halogens is 3. The molecule has 2 aromatic rings. The van der Waals surface area contributed by atoms with Crippen molar-refractivity contribution in [2.75, 3.05) is 6.54 Å². The van der Waals surface area contributed by atoms with Crippen molar-refractivity contribution in [3.8, 4) is 0 Å². The van der Waals surface area contributed by atoms with E-state index in [0.717, 1.165) is 0 Å². The van der Waals surface area contributed by atoms with Crippen LogP contribution in [0.25, 0.3) is 0 Å². The van der Waals surface area contributed by atoms with Gasteiger partial charge in [-0.1, -0.05) is 34.8 Å². The number of amides is 1. The highest BCUT2D eigenvalue weighted by atomic mass is 35.5. The van der Waals surface area contributed by atoms with Gasteiger partial charge in [0.15, 0.2) is 5.78 Å². The number of benzene rings is 2. The van der Waals surface area contributed by atoms with E-state index in [1.165, 1.54) is 18.2 Å². The maximum absolute atomic E-state index is 11.9. The molecule has 2 aromatic carbocycles. The third-order valence-corrected chi connectivity index (χ3v) is 3.39. The van der Waals surface area contributed by atoms with Crippen molar-refractivity contribution in [3.63, 3.8) is 0 Å². The van der Waals surface area contributed by atoms with E-state index in [1.54, 1.807) is 24.3 Å². The molecule has 21 heavy (non-hydrogen) atoms. The molecule has 0 saturated carbocycles. The third-order valence-electron chi connectivity index (χ3n) is 2.70. The highest BCUT2D eigenvalue weighted by Crippen LogP contribution is 2.19. The lowest BCUT2D eigenvalue weighted by molar-refractivity contribution is 0.0904. The van der Waals surface area contributed by atoms with E-state index in [9.17, 15) is 9.59 Å². The summed E-state index contributed by atoms with van der Waals surface area (Å²) in [5.41, 5.74) is 0.778. The van der Waals surface area contributed by atoms with Crippen molar-refractivity contribution in [1.82, 2.24) is 5.32 Å². The number of hydrogen-bond acceptors (Lipinski definition) is 2. The number of nitrogens with one attached hydrogen (secondary N) is 1. The number of rotatable bonds is 4. The van der Waals surface area contributed by atoms with Crippen LogP contribution in [0.3, 0.4) is 0 Å². The Balaban J connectivity index is 2.00. The number of carbonyl (C=O) groups is 2. The first-order valence-corrected chi connectivity index (χ1v) is 7.12. The highest BCUT2D eigenvalue weighted by molar-refractivity contribution is 6.35. The topological polar surface area (TPSA) is 46.2 Å². The molecule has 0 saturated heterocycles. The first kappa shape index (κ1) is 15.8. The van der Waals surface area contributed by atoms with Gasteiger partial charge in [-0.05, 0) is 42.5 Å². The predicted octanol–water partition coefficient (Wildman–Crippen LogP) is 4.26. The van der Waals surface area contributed by atoms with Crippen molar-refractivity contribution < 1.29 is 9.59 Å². The van der Waals surface area contributed by atoms with Gasteiger partial charge in [-0.2, -0.15) is 0 Å². The van der Waals surface area contributed by atoms with Gasteiger partial charge in [-0.15, -0.1) is 0 Å². The van der Waals surface area contributed by atoms with Crippen LogP contribution in [0, 0.1) is 0 Å². The fourth-order valence-electron chi connectivity index (χ4n) is 1.69. The van der Waals surface area contributed by atoms with Crippen LogP contribution in [0.5, 0.6) is 0 Å². The van der Waals surface area contributed by atoms with E-state index in [2.05, 4.69) is 5.32 Å². The molecule has 0 unspecified atom stereocenters. The van der Waals surface area contributed by atoms with Crippen LogP contribution in [-0.2, 0) is 0 Å². The second kappa shape index (κ2) is 6.94. The molecular formula is C15H10Cl3NO2. The summed E-state index contributed by atoms with van der Waals surface area (Å²) < 4.78 is 0. The molecule has 0 heterocycles. The Hall–Kier alpha value is -1.55. The van der Waals surface area contributed by atoms with Crippen LogP contribution in [0.4, 0.5) is 0 Å². The summed E-state index contributed by atoms with van der Waals surface area (Å²) >= 11 is 17.4. The molecule has 0 spiro atoms. The van der Waals surface area contributed by atoms with E-state index in [4.69, 9.17) is 34.8 Å². The minimum Gasteiger partial charge on any atom is -0.345 e. The molecule has 0 radical (unpaired) electrons. The van der Waals surface area contributed by atoms with E-state index >= 15 is 0 Å². The van der Waals surface area contributed by atoms with Gasteiger partial charge < -0.3 is 5.32 Å². The molecule has 0 fully saturated rings. The molecule has 0 atom stereocenters. The molecule has 0 aliphatic heterocycles. The number of hydrogen-bond donors (Lipinski definition) is 1. The number of Topliss-reactive ketones (excluding diaryl/α,β-unsaturated/α-hetero) is 1. The Morgan fingerprint density at radius 3 is 1.95 bits per heavy atom. The minimum absolute atomic E-state index is 0.120. The SMILES string of the molecule is O=C(CNC(=O)c1cc(Cl)cc(Cl)c1)c1ccc(Cl)cc1. The summed E-state index contributed by atoms with van der Waals surface area (Å²) in [7, 11) is 0. The van der Waals surface area contributed by atoms with Crippen LogP contribution in [-0.4, -0.2) is 18.2 Å². The first-order chi connectivity index (χ1) is 9.95. The summed E-state index contributed by atoms with van der Waals surface area (Å²) in [5.74, 6) is -0.630. The van der Waals surface area contributed by atoms with Gasteiger partial charge in [0.25, 0.3) is 5.91 Å². The van der Waals surface area contributed by atoms with Crippen molar-refractivity contribution in [2.24, 2.45) is 0 Å². The standard InChI is InChI=1S/C15H10Cl3NO2/c16-11-3-1-9(2-4-11)14(20)8-19-15(21)10-5-12(17)7-13(18)6-10/h1-7H,8H2,(H,19,21). The zero-order valence-corrected chi connectivity index (χ0v) is 13.0. The van der Waals surface area contributed by atoms with Gasteiger partial charge in [0.2, 0.25) is 0 Å². The molecule has 3 nitrogen and oxygen atoms in total. The molecular weight excluding hydrogens is 333 g/mol. The second-order valence-electron chi connectivity index (χ2n) is 4.27. The summed E-state index contributed by atoms with van der Waals surface area (Å²) in [6.07, 6.45) is 0. The zero-order chi connectivity index (χ0) is 15.4. The normalized spacial score (nSPS) is 10.2. The molecule has 108 valence electrons. The van der Waals surface area contributed by atoms with Gasteiger partial charge >= 0.3 is 0 Å². The maximum atomic E-state index is 11.9. The Labute approximate surface area is 136 Å². The molecule has 1 N–H and O–H groups in total. The average molecular weight is 343 g/mol. The van der Waals surface area contributed by atoms with Crippen LogP contribution >= 0.6 is 34.8 Å². The van der Waals surface area contributed by atoms with Crippen molar-refractivity contribution in [3.05, 3.63) is 68.7 Å². The fourth-order valence-corrected chi connectivity index (χ4v) is 2.34. The Kier molecular flexibility index (Phi) is 5.23. The average Bonchev–Trinajstić information content (AvgIpc) is 2.44. The summed E-state index contributed by atoms with van der Waals surface area (Å²) in [6, 6.07) is 10.9. The number of carbonyl (C=O) groups excluding carboxylic acids is 2. The minimum atomic E-state index is -0.415. The molecule has 6 heteroatoms. The van der Waals surface area contributed by atoms with Gasteiger partial charge in [0.05, 0.1) is 6.54 Å². The second-order valence-corrected chi connectivity index (χ2v) is 5.58. The molecule has 0 aromatic heterocycles. The molecule has 0 bridgehead atoms. The van der Waals surface area contributed by atoms with Crippen LogP contribution < -0.4 is 5.32 Å². The lowest BCUT2D eigenvalue weighted by atomic mass is 10.1. The lowest BCUT2D eigenvalue weighted by Gasteiger charge is -2.06. The zero-order valence-electron chi connectivity index (χ0n) is 10.7. The first-order valence-electron chi connectivity index (χ1n) is 5.99. The summed E-state index contributed by atoms with van der Waals surface area (Å²) in [5, 5.41) is 3.79. The molecule has 2 rings (SSSR count). The van der Waals surface area contributed by atoms with Gasteiger partial charge in [0.1, 0.15) is 0 Å². The summed E-state index contributed by atoms with van der Waals surface area (Å²) in [4.78, 5) is 23.9. The van der Waals surface area contributed by atoms with Crippen LogP contribution in [0.2, 0.25) is 15.1 Å². The van der Waals surface area contributed by atoms with E-state index in [-0.39, 0.29) is 12.3 Å². The third kappa shape index (κ3) is 4.46. The van der Waals surface area contributed by atoms with E-state index in [1.807, 2.05) is 0 Å². The largest absolute Gasteiger partial charge is 0.345 e. The quantitative estimate of drug-likeness (QED) is 0.844. The van der Waals surface area contributed by atoms with Crippen molar-refractivity contribution in [2.45, 2.75) is 0 Å². The Morgan fingerprint density at radius 1 is 0.810 bits per heavy atom. The van der Waals surface area contributed by atoms with Gasteiger partial charge in [-0.25, -0.2) is 0 Å². The highest BCUT2D eigenvalue weighted by Gasteiger charge is 2.11. The fraction of sp³-hybridized carbons (Fsp3) is 0.0667. The van der Waals surface area contributed by atoms with Crippen LogP contribution in [0.15, 0.2) is 42.5 Å². The molecule has 0 aliphatic rings. The Bertz CT molecular complexity index is 664. The van der Waals surface area contributed by atoms with Crippen molar-refractivity contribution in [1.29, 1.82) is 0 Å². The van der Waals surface area contributed by atoms with E-state index in [0.29, 0.717) is 26.2 Å². The van der Waals surface area contributed by atoms with Crippen LogP contribution in [0.1, 0.15) is 20.7 Å². The lowest BCUT2D eigenvalue weighted by Crippen LogP contribution is -2.29. The van der Waals surface area contributed by atoms with E-state index < -0.39 is 5.91 Å².